The average molecular weight is 279 g/mol. The van der Waals surface area contributed by atoms with Crippen LogP contribution in [0.4, 0.5) is 0 Å². The van der Waals surface area contributed by atoms with E-state index in [1.165, 1.54) is 24.2 Å². The Labute approximate surface area is 120 Å². The summed E-state index contributed by atoms with van der Waals surface area (Å²) in [7, 11) is 1.71. The quantitative estimate of drug-likeness (QED) is 0.866. The van der Waals surface area contributed by atoms with Crippen LogP contribution in [0.3, 0.4) is 0 Å². The first-order chi connectivity index (χ1) is 9.39. The van der Waals surface area contributed by atoms with Crippen LogP contribution < -0.4 is 5.32 Å². The minimum absolute atomic E-state index is 0.123. The van der Waals surface area contributed by atoms with Crippen LogP contribution in [0.15, 0.2) is 0 Å². The van der Waals surface area contributed by atoms with Crippen LogP contribution in [0.2, 0.25) is 0 Å². The molecular formula is C15H25N3O2. The highest BCUT2D eigenvalue weighted by Gasteiger charge is 2.34. The van der Waals surface area contributed by atoms with E-state index in [-0.39, 0.29) is 6.04 Å². The number of nitrogens with one attached hydrogen (secondary N) is 1. The summed E-state index contributed by atoms with van der Waals surface area (Å²) in [6, 6.07) is 0.123. The molecule has 0 fully saturated rings. The Morgan fingerprint density at radius 3 is 2.75 bits per heavy atom. The lowest BCUT2D eigenvalue weighted by Gasteiger charge is -2.30. The topological polar surface area (TPSA) is 67.2 Å². The predicted molar refractivity (Wildman–Crippen MR) is 78.0 cm³/mol. The number of carboxylic acids is 1. The molecule has 0 saturated carbocycles. The van der Waals surface area contributed by atoms with Crippen molar-refractivity contribution in [3.05, 3.63) is 17.2 Å². The summed E-state index contributed by atoms with van der Waals surface area (Å²) in [5.74, 6) is 0.201. The SMILES string of the molecule is CNC(C)(CC(C)n1c(C)nc2c1CCCC2)C(=O)O. The van der Waals surface area contributed by atoms with Gasteiger partial charge in [-0.1, -0.05) is 0 Å². The maximum Gasteiger partial charge on any atom is 0.323 e. The Morgan fingerprint density at radius 1 is 1.50 bits per heavy atom. The van der Waals surface area contributed by atoms with E-state index in [1.807, 2.05) is 6.92 Å². The minimum Gasteiger partial charge on any atom is -0.480 e. The van der Waals surface area contributed by atoms with Gasteiger partial charge in [-0.2, -0.15) is 0 Å². The highest BCUT2D eigenvalue weighted by atomic mass is 16.4. The molecule has 2 atom stereocenters. The van der Waals surface area contributed by atoms with Crippen molar-refractivity contribution in [2.24, 2.45) is 0 Å². The number of carbonyl (C=O) groups is 1. The summed E-state index contributed by atoms with van der Waals surface area (Å²) in [6.45, 7) is 5.85. The van der Waals surface area contributed by atoms with Gasteiger partial charge in [0.25, 0.3) is 0 Å². The fourth-order valence-corrected chi connectivity index (χ4v) is 3.26. The molecule has 0 bridgehead atoms. The molecule has 2 N–H and O–H groups in total. The molecule has 20 heavy (non-hydrogen) atoms. The lowest BCUT2D eigenvalue weighted by atomic mass is 9.93. The highest BCUT2D eigenvalue weighted by molar-refractivity contribution is 5.78. The van der Waals surface area contributed by atoms with Gasteiger partial charge in [0.05, 0.1) is 5.69 Å². The lowest BCUT2D eigenvalue weighted by Crippen LogP contribution is -2.48. The molecule has 0 amide bonds. The first kappa shape index (κ1) is 15.0. The van der Waals surface area contributed by atoms with Crippen molar-refractivity contribution < 1.29 is 9.90 Å². The average Bonchev–Trinajstić information content (AvgIpc) is 2.74. The number of rotatable bonds is 5. The molecular weight excluding hydrogens is 254 g/mol. The third-order valence-corrected chi connectivity index (χ3v) is 4.51. The molecule has 0 spiro atoms. The number of nitrogens with zero attached hydrogens (tertiary/aromatic N) is 2. The molecule has 112 valence electrons. The fourth-order valence-electron chi connectivity index (χ4n) is 3.26. The normalized spacial score (nSPS) is 19.2. The van der Waals surface area contributed by atoms with Gasteiger partial charge in [-0.3, -0.25) is 4.79 Å². The van der Waals surface area contributed by atoms with Crippen molar-refractivity contribution in [3.63, 3.8) is 0 Å². The van der Waals surface area contributed by atoms with E-state index < -0.39 is 11.5 Å². The molecule has 0 saturated heterocycles. The van der Waals surface area contributed by atoms with Gasteiger partial charge in [-0.05, 0) is 59.9 Å². The van der Waals surface area contributed by atoms with Crippen LogP contribution in [-0.2, 0) is 17.6 Å². The van der Waals surface area contributed by atoms with Gasteiger partial charge in [0.2, 0.25) is 0 Å². The van der Waals surface area contributed by atoms with Gasteiger partial charge < -0.3 is 15.0 Å². The number of hydrogen-bond acceptors (Lipinski definition) is 3. The van der Waals surface area contributed by atoms with Crippen LogP contribution in [-0.4, -0.2) is 33.2 Å². The summed E-state index contributed by atoms with van der Waals surface area (Å²) < 4.78 is 2.24. The van der Waals surface area contributed by atoms with E-state index >= 15 is 0 Å². The van der Waals surface area contributed by atoms with Crippen LogP contribution in [0, 0.1) is 6.92 Å². The van der Waals surface area contributed by atoms with Crippen molar-refractivity contribution in [1.82, 2.24) is 14.9 Å². The number of hydrogen-bond donors (Lipinski definition) is 2. The van der Waals surface area contributed by atoms with Gasteiger partial charge in [-0.15, -0.1) is 0 Å². The van der Waals surface area contributed by atoms with Crippen LogP contribution in [0.25, 0.3) is 0 Å². The van der Waals surface area contributed by atoms with E-state index in [0.29, 0.717) is 6.42 Å². The second-order valence-electron chi connectivity index (χ2n) is 6.07. The van der Waals surface area contributed by atoms with E-state index in [1.54, 1.807) is 14.0 Å². The molecule has 1 aliphatic rings. The zero-order valence-electron chi connectivity index (χ0n) is 12.9. The first-order valence-corrected chi connectivity index (χ1v) is 7.38. The lowest BCUT2D eigenvalue weighted by molar-refractivity contribution is -0.144. The summed E-state index contributed by atoms with van der Waals surface area (Å²) in [4.78, 5) is 16.1. The summed E-state index contributed by atoms with van der Waals surface area (Å²) in [6.07, 6.45) is 5.07. The van der Waals surface area contributed by atoms with E-state index in [4.69, 9.17) is 0 Å². The van der Waals surface area contributed by atoms with Gasteiger partial charge >= 0.3 is 5.97 Å². The predicted octanol–water partition coefficient (Wildman–Crippen LogP) is 2.08. The first-order valence-electron chi connectivity index (χ1n) is 7.38. The second-order valence-corrected chi connectivity index (χ2v) is 6.07. The highest BCUT2D eigenvalue weighted by Crippen LogP contribution is 2.29. The molecule has 1 heterocycles. The van der Waals surface area contributed by atoms with E-state index in [9.17, 15) is 9.90 Å². The van der Waals surface area contributed by atoms with Crippen LogP contribution in [0.5, 0.6) is 0 Å². The molecule has 0 aliphatic heterocycles. The van der Waals surface area contributed by atoms with Crippen molar-refractivity contribution in [3.8, 4) is 0 Å². The number of imidazole rings is 1. The third-order valence-electron chi connectivity index (χ3n) is 4.51. The van der Waals surface area contributed by atoms with Crippen LogP contribution in [0.1, 0.15) is 56.4 Å². The summed E-state index contributed by atoms with van der Waals surface area (Å²) in [5.41, 5.74) is 1.62. The number of fused-ring (bicyclic) bond motifs is 1. The Kier molecular flexibility index (Phi) is 4.18. The largest absolute Gasteiger partial charge is 0.480 e. The summed E-state index contributed by atoms with van der Waals surface area (Å²) in [5, 5.41) is 12.3. The number of aryl methyl sites for hydroxylation is 2. The number of aliphatic carboxylic acids is 1. The zero-order valence-corrected chi connectivity index (χ0v) is 12.9. The van der Waals surface area contributed by atoms with Gasteiger partial charge in [0.1, 0.15) is 11.4 Å². The maximum atomic E-state index is 11.4. The number of aromatic nitrogens is 2. The second kappa shape index (κ2) is 5.56. The molecule has 1 aromatic rings. The maximum absolute atomic E-state index is 11.4. The Morgan fingerprint density at radius 2 is 2.15 bits per heavy atom. The molecule has 1 aromatic heterocycles. The fraction of sp³-hybridized carbons (Fsp3) is 0.733. The van der Waals surface area contributed by atoms with Gasteiger partial charge in [0.15, 0.2) is 0 Å². The van der Waals surface area contributed by atoms with E-state index in [2.05, 4.69) is 21.8 Å². The smallest absolute Gasteiger partial charge is 0.323 e. The number of likely N-dealkylation sites (N-methyl/N-ethyl adjacent to an activating group) is 1. The standard InChI is InChI=1S/C15H25N3O2/c1-10(9-15(3,16-4)14(19)20)18-11(2)17-12-7-5-6-8-13(12)18/h10,16H,5-9H2,1-4H3,(H,19,20). The third kappa shape index (κ3) is 2.59. The Hall–Kier alpha value is -1.36. The monoisotopic (exact) mass is 279 g/mol. The summed E-state index contributed by atoms with van der Waals surface area (Å²) >= 11 is 0. The molecule has 5 nitrogen and oxygen atoms in total. The van der Waals surface area contributed by atoms with Crippen molar-refractivity contribution in [2.75, 3.05) is 7.05 Å². The van der Waals surface area contributed by atoms with E-state index in [0.717, 1.165) is 18.7 Å². The molecule has 2 rings (SSSR count). The zero-order chi connectivity index (χ0) is 14.9. The van der Waals surface area contributed by atoms with Crippen molar-refractivity contribution in [1.29, 1.82) is 0 Å². The van der Waals surface area contributed by atoms with Gasteiger partial charge in [-0.25, -0.2) is 4.98 Å². The van der Waals surface area contributed by atoms with Crippen LogP contribution >= 0.6 is 0 Å². The molecule has 5 heteroatoms. The minimum atomic E-state index is -0.905. The molecule has 0 radical (unpaired) electrons. The number of carboxylic acid groups (broad SMARTS) is 1. The van der Waals surface area contributed by atoms with Gasteiger partial charge in [0, 0.05) is 11.7 Å². The van der Waals surface area contributed by atoms with Crippen molar-refractivity contribution in [2.45, 2.75) is 64.5 Å². The van der Waals surface area contributed by atoms with Crippen molar-refractivity contribution >= 4 is 5.97 Å². The Balaban J connectivity index is 2.27. The molecule has 1 aliphatic carbocycles. The molecule has 0 aromatic carbocycles. The Bertz CT molecular complexity index is 509. The molecule has 2 unspecified atom stereocenters.